The second-order valence-electron chi connectivity index (χ2n) is 5.83. The highest BCUT2D eigenvalue weighted by Gasteiger charge is 2.17. The van der Waals surface area contributed by atoms with E-state index in [2.05, 4.69) is 15.6 Å². The number of nitrogens with one attached hydrogen (secondary N) is 2. The lowest BCUT2D eigenvalue weighted by Crippen LogP contribution is -2.42. The number of esters is 1. The number of guanidine groups is 1. The molecule has 0 amide bonds. The van der Waals surface area contributed by atoms with Crippen molar-refractivity contribution in [3.05, 3.63) is 23.7 Å². The van der Waals surface area contributed by atoms with Gasteiger partial charge in [-0.15, -0.1) is 0 Å². The van der Waals surface area contributed by atoms with E-state index in [1.54, 1.807) is 7.05 Å². The summed E-state index contributed by atoms with van der Waals surface area (Å²) in [6.45, 7) is 9.41. The van der Waals surface area contributed by atoms with E-state index in [1.165, 1.54) is 0 Å². The van der Waals surface area contributed by atoms with Crippen LogP contribution >= 0.6 is 0 Å². The third-order valence-corrected chi connectivity index (χ3v) is 2.58. The van der Waals surface area contributed by atoms with E-state index in [0.29, 0.717) is 5.96 Å². The minimum absolute atomic E-state index is 0.0523. The molecule has 2 N–H and O–H groups in total. The van der Waals surface area contributed by atoms with Crippen LogP contribution in [0.4, 0.5) is 0 Å². The van der Waals surface area contributed by atoms with E-state index in [9.17, 15) is 4.79 Å². The van der Waals surface area contributed by atoms with Gasteiger partial charge in [-0.1, -0.05) is 0 Å². The van der Waals surface area contributed by atoms with Crippen LogP contribution in [-0.2, 0) is 9.53 Å². The highest BCUT2D eigenvalue weighted by atomic mass is 16.6. The maximum Gasteiger partial charge on any atom is 0.325 e. The summed E-state index contributed by atoms with van der Waals surface area (Å²) in [4.78, 5) is 15.7. The van der Waals surface area contributed by atoms with Gasteiger partial charge in [-0.05, 0) is 46.8 Å². The van der Waals surface area contributed by atoms with Crippen LogP contribution in [0.1, 0.15) is 45.3 Å². The average molecular weight is 295 g/mol. The van der Waals surface area contributed by atoms with Crippen molar-refractivity contribution in [2.24, 2.45) is 4.99 Å². The molecule has 6 heteroatoms. The molecule has 0 aliphatic rings. The second-order valence-corrected chi connectivity index (χ2v) is 5.83. The number of hydrogen-bond acceptors (Lipinski definition) is 4. The number of carbonyl (C=O) groups is 1. The van der Waals surface area contributed by atoms with Crippen molar-refractivity contribution >= 4 is 11.9 Å². The molecule has 21 heavy (non-hydrogen) atoms. The fourth-order valence-electron chi connectivity index (χ4n) is 1.69. The van der Waals surface area contributed by atoms with Crippen molar-refractivity contribution in [3.8, 4) is 0 Å². The minimum atomic E-state index is -0.491. The van der Waals surface area contributed by atoms with Crippen LogP contribution in [0.2, 0.25) is 0 Å². The third kappa shape index (κ3) is 6.33. The molecule has 1 atom stereocenters. The number of aliphatic imine (C=N–C) groups is 1. The number of rotatable bonds is 4. The molecule has 0 saturated carbocycles. The first-order valence-corrected chi connectivity index (χ1v) is 6.96. The van der Waals surface area contributed by atoms with Crippen LogP contribution in [0.25, 0.3) is 0 Å². The van der Waals surface area contributed by atoms with Crippen LogP contribution in [0.5, 0.6) is 0 Å². The molecule has 0 aromatic carbocycles. The monoisotopic (exact) mass is 295 g/mol. The van der Waals surface area contributed by atoms with Gasteiger partial charge in [0.15, 0.2) is 5.96 Å². The molecule has 1 aromatic heterocycles. The van der Waals surface area contributed by atoms with Crippen molar-refractivity contribution in [1.82, 2.24) is 10.6 Å². The Bertz CT molecular complexity index is 501. The summed E-state index contributed by atoms with van der Waals surface area (Å²) in [5.74, 6) is 1.86. The van der Waals surface area contributed by atoms with Crippen LogP contribution < -0.4 is 10.6 Å². The molecule has 0 spiro atoms. The number of ether oxygens (including phenoxy) is 1. The topological polar surface area (TPSA) is 75.9 Å². The molecule has 1 aromatic rings. The van der Waals surface area contributed by atoms with E-state index < -0.39 is 5.60 Å². The smallest absolute Gasteiger partial charge is 0.325 e. The predicted octanol–water partition coefficient (Wildman–Crippen LogP) is 2.16. The Morgan fingerprint density at radius 1 is 1.43 bits per heavy atom. The van der Waals surface area contributed by atoms with Gasteiger partial charge in [-0.2, -0.15) is 0 Å². The highest BCUT2D eigenvalue weighted by molar-refractivity contribution is 5.84. The summed E-state index contributed by atoms with van der Waals surface area (Å²) in [6, 6.07) is 3.77. The second kappa shape index (κ2) is 7.15. The first kappa shape index (κ1) is 17.1. The molecule has 0 aliphatic heterocycles. The molecule has 1 rings (SSSR count). The molecule has 0 bridgehead atoms. The average Bonchev–Trinajstić information content (AvgIpc) is 2.79. The summed E-state index contributed by atoms with van der Waals surface area (Å²) in [7, 11) is 1.64. The van der Waals surface area contributed by atoms with Gasteiger partial charge in [0, 0.05) is 7.05 Å². The molecule has 6 nitrogen and oxygen atoms in total. The Labute approximate surface area is 126 Å². The van der Waals surface area contributed by atoms with Gasteiger partial charge in [-0.3, -0.25) is 9.79 Å². The van der Waals surface area contributed by atoms with E-state index in [-0.39, 0.29) is 18.6 Å². The van der Waals surface area contributed by atoms with Gasteiger partial charge >= 0.3 is 5.97 Å². The highest BCUT2D eigenvalue weighted by Crippen LogP contribution is 2.15. The molecule has 118 valence electrons. The summed E-state index contributed by atoms with van der Waals surface area (Å²) in [5, 5.41) is 6.07. The lowest BCUT2D eigenvalue weighted by molar-refractivity contribution is -0.153. The van der Waals surface area contributed by atoms with Crippen LogP contribution in [0.15, 0.2) is 21.5 Å². The molecular formula is C15H25N3O3. The van der Waals surface area contributed by atoms with Crippen molar-refractivity contribution in [2.45, 2.75) is 46.3 Å². The van der Waals surface area contributed by atoms with Crippen molar-refractivity contribution in [2.75, 3.05) is 13.6 Å². The standard InChI is InChI=1S/C15H25N3O3/c1-10-7-8-12(20-10)11(2)18-14(16-6)17-9-13(19)21-15(3,4)5/h7-8,11H,9H2,1-6H3,(H2,16,17,18). The summed E-state index contributed by atoms with van der Waals surface area (Å²) < 4.78 is 10.8. The first-order chi connectivity index (χ1) is 9.71. The van der Waals surface area contributed by atoms with Gasteiger partial charge in [0.05, 0.1) is 6.04 Å². The lowest BCUT2D eigenvalue weighted by atomic mass is 10.2. The fraction of sp³-hybridized carbons (Fsp3) is 0.600. The molecule has 0 aliphatic carbocycles. The van der Waals surface area contributed by atoms with Gasteiger partial charge in [-0.25, -0.2) is 0 Å². The van der Waals surface area contributed by atoms with Crippen molar-refractivity contribution in [1.29, 1.82) is 0 Å². The maximum absolute atomic E-state index is 11.7. The van der Waals surface area contributed by atoms with Crippen molar-refractivity contribution in [3.63, 3.8) is 0 Å². The van der Waals surface area contributed by atoms with Crippen LogP contribution in [-0.4, -0.2) is 31.1 Å². The Kier molecular flexibility index (Phi) is 5.81. The number of furan rings is 1. The molecular weight excluding hydrogens is 270 g/mol. The van der Waals surface area contributed by atoms with E-state index in [4.69, 9.17) is 9.15 Å². The first-order valence-electron chi connectivity index (χ1n) is 6.96. The van der Waals surface area contributed by atoms with Gasteiger partial charge in [0.1, 0.15) is 23.7 Å². The van der Waals surface area contributed by atoms with Gasteiger partial charge in [0.2, 0.25) is 0 Å². The zero-order valence-electron chi connectivity index (χ0n) is 13.6. The zero-order valence-corrected chi connectivity index (χ0v) is 13.6. The van der Waals surface area contributed by atoms with E-state index in [1.807, 2.05) is 46.8 Å². The maximum atomic E-state index is 11.7. The summed E-state index contributed by atoms with van der Waals surface area (Å²) >= 11 is 0. The number of hydrogen-bond donors (Lipinski definition) is 2. The quantitative estimate of drug-likeness (QED) is 0.506. The molecule has 0 fully saturated rings. The third-order valence-electron chi connectivity index (χ3n) is 2.58. The Balaban J connectivity index is 2.47. The minimum Gasteiger partial charge on any atom is -0.464 e. The van der Waals surface area contributed by atoms with Crippen LogP contribution in [0.3, 0.4) is 0 Å². The Morgan fingerprint density at radius 2 is 2.10 bits per heavy atom. The number of carbonyl (C=O) groups excluding carboxylic acids is 1. The molecule has 1 heterocycles. The Morgan fingerprint density at radius 3 is 2.57 bits per heavy atom. The molecule has 0 saturated heterocycles. The van der Waals surface area contributed by atoms with E-state index >= 15 is 0 Å². The largest absolute Gasteiger partial charge is 0.464 e. The number of aryl methyl sites for hydroxylation is 1. The van der Waals surface area contributed by atoms with E-state index in [0.717, 1.165) is 11.5 Å². The summed E-state index contributed by atoms with van der Waals surface area (Å²) in [6.07, 6.45) is 0. The van der Waals surface area contributed by atoms with Crippen molar-refractivity contribution < 1.29 is 13.9 Å². The number of nitrogens with zero attached hydrogens (tertiary/aromatic N) is 1. The molecule has 1 unspecified atom stereocenters. The zero-order chi connectivity index (χ0) is 16.0. The fourth-order valence-corrected chi connectivity index (χ4v) is 1.69. The SMILES string of the molecule is CN=C(NCC(=O)OC(C)(C)C)NC(C)c1ccc(C)o1. The van der Waals surface area contributed by atoms with Crippen LogP contribution in [0, 0.1) is 6.92 Å². The predicted molar refractivity (Wildman–Crippen MR) is 82.2 cm³/mol. The van der Waals surface area contributed by atoms with Gasteiger partial charge in [0.25, 0.3) is 0 Å². The Hall–Kier alpha value is -1.98. The molecule has 0 radical (unpaired) electrons. The van der Waals surface area contributed by atoms with Gasteiger partial charge < -0.3 is 19.8 Å². The summed E-state index contributed by atoms with van der Waals surface area (Å²) in [5.41, 5.74) is -0.491. The lowest BCUT2D eigenvalue weighted by Gasteiger charge is -2.20. The normalized spacial score (nSPS) is 13.7.